The second-order valence-electron chi connectivity index (χ2n) is 9.82. The number of methoxy groups -OCH3 is 1. The fourth-order valence-electron chi connectivity index (χ4n) is 5.74. The Balaban J connectivity index is 1.10. The molecular weight excluding hydrogens is 506 g/mol. The Labute approximate surface area is 216 Å². The van der Waals surface area contributed by atoms with Crippen LogP contribution in [0.5, 0.6) is 11.6 Å². The molecule has 3 saturated carbocycles. The Hall–Kier alpha value is -3.17. The minimum atomic E-state index is -0.494. The van der Waals surface area contributed by atoms with E-state index in [1.165, 1.54) is 19.5 Å². The van der Waals surface area contributed by atoms with Gasteiger partial charge in [0.05, 0.1) is 24.1 Å². The highest BCUT2D eigenvalue weighted by Crippen LogP contribution is 2.73. The summed E-state index contributed by atoms with van der Waals surface area (Å²) >= 11 is 12.1. The number of halogens is 3. The molecule has 1 aromatic carbocycles. The zero-order valence-corrected chi connectivity index (χ0v) is 21.0. The van der Waals surface area contributed by atoms with E-state index in [1.807, 2.05) is 10.9 Å². The van der Waals surface area contributed by atoms with Gasteiger partial charge >= 0.3 is 0 Å². The third-order valence-electron chi connectivity index (χ3n) is 7.14. The number of hydrogen-bond acceptors (Lipinski definition) is 7. The molecule has 3 aliphatic carbocycles. The molecule has 36 heavy (non-hydrogen) atoms. The number of pyridine rings is 1. The first kappa shape index (κ1) is 23.2. The summed E-state index contributed by atoms with van der Waals surface area (Å²) in [6, 6.07) is 6.69. The van der Waals surface area contributed by atoms with Gasteiger partial charge in [-0.25, -0.2) is 19.3 Å². The second kappa shape index (κ2) is 8.74. The predicted octanol–water partition coefficient (Wildman–Crippen LogP) is 5.54. The molecule has 0 radical (unpaired) electrons. The van der Waals surface area contributed by atoms with Crippen molar-refractivity contribution in [3.8, 4) is 11.6 Å². The molecule has 0 spiro atoms. The fourth-order valence-corrected chi connectivity index (χ4v) is 6.07. The summed E-state index contributed by atoms with van der Waals surface area (Å²) in [5.74, 6) is 0.822. The van der Waals surface area contributed by atoms with E-state index in [-0.39, 0.29) is 23.1 Å². The fraction of sp³-hybridized carbons (Fsp3) is 0.360. The maximum Gasteiger partial charge on any atom is 0.213 e. The highest BCUT2D eigenvalue weighted by Gasteiger charge is 2.68. The van der Waals surface area contributed by atoms with Crippen LogP contribution in [0.2, 0.25) is 10.0 Å². The van der Waals surface area contributed by atoms with Gasteiger partial charge in [0.15, 0.2) is 17.2 Å². The summed E-state index contributed by atoms with van der Waals surface area (Å²) in [5.41, 5.74) is 1.35. The first-order valence-corrected chi connectivity index (χ1v) is 12.3. The molecule has 11 heteroatoms. The van der Waals surface area contributed by atoms with Crippen molar-refractivity contribution in [1.29, 1.82) is 0 Å². The highest BCUT2D eigenvalue weighted by molar-refractivity contribution is 6.31. The lowest BCUT2D eigenvalue weighted by atomic mass is 9.35. The maximum absolute atomic E-state index is 14.7. The lowest BCUT2D eigenvalue weighted by Gasteiger charge is -2.70. The number of anilines is 1. The van der Waals surface area contributed by atoms with Crippen molar-refractivity contribution in [3.05, 3.63) is 64.4 Å². The highest BCUT2D eigenvalue weighted by atomic mass is 35.5. The molecule has 186 valence electrons. The number of fused-ring (bicyclic) bond motifs is 1. The normalized spacial score (nSPS) is 22.1. The number of nitrogens with one attached hydrogen (secondary N) is 1. The number of benzene rings is 1. The first-order chi connectivity index (χ1) is 17.4. The van der Waals surface area contributed by atoms with Crippen molar-refractivity contribution in [2.75, 3.05) is 19.0 Å². The van der Waals surface area contributed by atoms with E-state index in [0.717, 1.165) is 31.2 Å². The molecule has 1 N–H and O–H groups in total. The average Bonchev–Trinajstić information content (AvgIpc) is 3.24. The number of ether oxygens (including phenoxy) is 2. The first-order valence-electron chi connectivity index (χ1n) is 11.5. The van der Waals surface area contributed by atoms with E-state index in [0.29, 0.717) is 39.6 Å². The maximum atomic E-state index is 14.7. The second-order valence-corrected chi connectivity index (χ2v) is 10.7. The third-order valence-corrected chi connectivity index (χ3v) is 7.72. The van der Waals surface area contributed by atoms with Gasteiger partial charge < -0.3 is 14.8 Å². The molecule has 0 aliphatic heterocycles. The topological polar surface area (TPSA) is 87.0 Å². The summed E-state index contributed by atoms with van der Waals surface area (Å²) < 4.78 is 27.6. The van der Waals surface area contributed by atoms with Gasteiger partial charge in [-0.05, 0) is 42.9 Å². The molecule has 2 bridgehead atoms. The minimum absolute atomic E-state index is 0.142. The Morgan fingerprint density at radius 1 is 1.08 bits per heavy atom. The largest absolute Gasteiger partial charge is 0.494 e. The van der Waals surface area contributed by atoms with Crippen molar-refractivity contribution in [2.45, 2.75) is 32.4 Å². The quantitative estimate of drug-likeness (QED) is 0.305. The molecule has 0 atom stereocenters. The summed E-state index contributed by atoms with van der Waals surface area (Å²) in [6.07, 6.45) is 8.26. The lowest BCUT2D eigenvalue weighted by Crippen LogP contribution is -2.65. The van der Waals surface area contributed by atoms with Gasteiger partial charge in [-0.3, -0.25) is 4.68 Å². The molecule has 3 fully saturated rings. The van der Waals surface area contributed by atoms with Crippen LogP contribution in [0.1, 0.15) is 24.8 Å². The summed E-state index contributed by atoms with van der Waals surface area (Å²) in [7, 11) is 1.42. The van der Waals surface area contributed by atoms with Crippen LogP contribution in [0, 0.1) is 16.6 Å². The van der Waals surface area contributed by atoms with E-state index < -0.39 is 5.82 Å². The molecule has 0 unspecified atom stereocenters. The zero-order valence-electron chi connectivity index (χ0n) is 19.5. The molecule has 0 saturated heterocycles. The van der Waals surface area contributed by atoms with Crippen molar-refractivity contribution < 1.29 is 13.9 Å². The number of hydrogen-bond donors (Lipinski definition) is 1. The van der Waals surface area contributed by atoms with Crippen LogP contribution in [-0.4, -0.2) is 38.4 Å². The number of aromatic nitrogens is 5. The standard InChI is InChI=1S/C25H23Cl2FN6O2/c1-35-19-4-3-18(27)16(21(19)28)7-30-22-17-8-34(33-23(17)32-14-31-22)12-24-9-25(10-24,11-24)13-36-20-5-2-15(26)6-29-20/h2-6,8,14H,7,9-13H2,1H3,(H,30,31,32,33). The molecule has 4 aromatic rings. The monoisotopic (exact) mass is 528 g/mol. The van der Waals surface area contributed by atoms with E-state index in [4.69, 9.17) is 32.7 Å². The van der Waals surface area contributed by atoms with Crippen LogP contribution >= 0.6 is 23.2 Å². The van der Waals surface area contributed by atoms with Crippen LogP contribution < -0.4 is 14.8 Å². The van der Waals surface area contributed by atoms with Gasteiger partial charge in [0.2, 0.25) is 5.88 Å². The molecular formula is C25H23Cl2FN6O2. The van der Waals surface area contributed by atoms with Crippen molar-refractivity contribution in [3.63, 3.8) is 0 Å². The van der Waals surface area contributed by atoms with Gasteiger partial charge in [0.1, 0.15) is 12.1 Å². The van der Waals surface area contributed by atoms with E-state index >= 15 is 0 Å². The van der Waals surface area contributed by atoms with Crippen molar-refractivity contribution in [2.24, 2.45) is 10.8 Å². The summed E-state index contributed by atoms with van der Waals surface area (Å²) in [6.45, 7) is 1.61. The molecule has 8 nitrogen and oxygen atoms in total. The Kier molecular flexibility index (Phi) is 5.64. The molecule has 7 rings (SSSR count). The molecule has 3 aliphatic rings. The van der Waals surface area contributed by atoms with Gasteiger partial charge in [-0.15, -0.1) is 0 Å². The van der Waals surface area contributed by atoms with Gasteiger partial charge in [0.25, 0.3) is 0 Å². The van der Waals surface area contributed by atoms with Crippen LogP contribution in [0.15, 0.2) is 43.0 Å². The predicted molar refractivity (Wildman–Crippen MR) is 134 cm³/mol. The average molecular weight is 529 g/mol. The van der Waals surface area contributed by atoms with Gasteiger partial charge in [0, 0.05) is 47.6 Å². The van der Waals surface area contributed by atoms with Crippen molar-refractivity contribution in [1.82, 2.24) is 24.7 Å². The minimum Gasteiger partial charge on any atom is -0.494 e. The van der Waals surface area contributed by atoms with Crippen LogP contribution in [-0.2, 0) is 13.1 Å². The lowest BCUT2D eigenvalue weighted by molar-refractivity contribution is -0.227. The van der Waals surface area contributed by atoms with Gasteiger partial charge in [-0.1, -0.05) is 23.2 Å². The molecule has 3 aromatic heterocycles. The Morgan fingerprint density at radius 3 is 2.67 bits per heavy atom. The van der Waals surface area contributed by atoms with E-state index in [9.17, 15) is 4.39 Å². The molecule has 0 amide bonds. The van der Waals surface area contributed by atoms with Gasteiger partial charge in [-0.2, -0.15) is 5.10 Å². The summed E-state index contributed by atoms with van der Waals surface area (Å²) in [4.78, 5) is 12.9. The Bertz CT molecular complexity index is 1420. The zero-order chi connectivity index (χ0) is 24.9. The number of rotatable bonds is 9. The van der Waals surface area contributed by atoms with Crippen molar-refractivity contribution >= 4 is 40.1 Å². The van der Waals surface area contributed by atoms with Crippen LogP contribution in [0.25, 0.3) is 11.0 Å². The Morgan fingerprint density at radius 2 is 1.92 bits per heavy atom. The molecule has 3 heterocycles. The summed E-state index contributed by atoms with van der Waals surface area (Å²) in [5, 5.41) is 9.52. The SMILES string of the molecule is COc1ccc(Cl)c(CNc2ncnc3nn(CC45CC(COc6ccc(Cl)cn6)(C4)C5)cc23)c1F. The third kappa shape index (κ3) is 4.10. The smallest absolute Gasteiger partial charge is 0.213 e. The number of nitrogens with zero attached hydrogens (tertiary/aromatic N) is 5. The van der Waals surface area contributed by atoms with Crippen LogP contribution in [0.3, 0.4) is 0 Å². The van der Waals surface area contributed by atoms with E-state index in [1.54, 1.807) is 24.4 Å². The van der Waals surface area contributed by atoms with E-state index in [2.05, 4.69) is 25.4 Å². The van der Waals surface area contributed by atoms with Crippen LogP contribution in [0.4, 0.5) is 10.2 Å².